The number of pyridine rings is 3. The first-order chi connectivity index (χ1) is 17.3. The van der Waals surface area contributed by atoms with Crippen molar-refractivity contribution in [2.45, 2.75) is 29.4 Å². The van der Waals surface area contributed by atoms with Crippen LogP contribution in [-0.2, 0) is 9.59 Å². The van der Waals surface area contributed by atoms with Crippen LogP contribution in [0.4, 0.5) is 11.5 Å². The van der Waals surface area contributed by atoms with Crippen LogP contribution in [0.3, 0.4) is 0 Å². The average molecular weight is 511 g/mol. The molecule has 5 rings (SSSR count). The van der Waals surface area contributed by atoms with Crippen LogP contribution in [-0.4, -0.2) is 80.0 Å². The van der Waals surface area contributed by atoms with Crippen molar-refractivity contribution >= 4 is 46.1 Å². The highest BCUT2D eigenvalue weighted by atomic mass is 32.2. The van der Waals surface area contributed by atoms with Gasteiger partial charge in [0.25, 0.3) is 5.91 Å². The van der Waals surface area contributed by atoms with Crippen LogP contribution in [0.25, 0.3) is 11.0 Å². The van der Waals surface area contributed by atoms with E-state index >= 15 is 0 Å². The summed E-state index contributed by atoms with van der Waals surface area (Å²) in [4.78, 5) is 40.6. The SMILES string of the molecule is COc1ccc2nccc(NC(=O)C3(O)CCN(C[C@H](O)c4ccc5c(n4)NC(=O)CS5)CC3)c2n1. The van der Waals surface area contributed by atoms with E-state index in [0.717, 1.165) is 4.90 Å². The Balaban J connectivity index is 1.21. The molecular weight excluding hydrogens is 484 g/mol. The molecule has 5 heterocycles. The summed E-state index contributed by atoms with van der Waals surface area (Å²) in [5.74, 6) is 0.585. The number of anilines is 2. The molecule has 11 nitrogen and oxygen atoms in total. The fourth-order valence-electron chi connectivity index (χ4n) is 4.30. The molecule has 0 bridgehead atoms. The van der Waals surface area contributed by atoms with Crippen molar-refractivity contribution < 1.29 is 24.5 Å². The van der Waals surface area contributed by atoms with Gasteiger partial charge in [-0.25, -0.2) is 9.97 Å². The summed E-state index contributed by atoms with van der Waals surface area (Å²) in [7, 11) is 1.51. The van der Waals surface area contributed by atoms with Gasteiger partial charge in [0, 0.05) is 31.9 Å². The van der Waals surface area contributed by atoms with Gasteiger partial charge in [0.1, 0.15) is 23.0 Å². The van der Waals surface area contributed by atoms with Crippen LogP contribution >= 0.6 is 11.8 Å². The largest absolute Gasteiger partial charge is 0.481 e. The van der Waals surface area contributed by atoms with Crippen molar-refractivity contribution in [1.29, 1.82) is 0 Å². The minimum absolute atomic E-state index is 0.116. The maximum Gasteiger partial charge on any atom is 0.256 e. The molecule has 0 aromatic carbocycles. The Kier molecular flexibility index (Phi) is 6.75. The zero-order chi connectivity index (χ0) is 25.3. The van der Waals surface area contributed by atoms with Gasteiger partial charge in [-0.05, 0) is 37.1 Å². The number of likely N-dealkylation sites (tertiary alicyclic amines) is 1. The molecule has 4 N–H and O–H groups in total. The molecule has 0 saturated carbocycles. The summed E-state index contributed by atoms with van der Waals surface area (Å²) >= 11 is 1.41. The summed E-state index contributed by atoms with van der Waals surface area (Å²) in [5.41, 5.74) is 0.419. The first-order valence-electron chi connectivity index (χ1n) is 11.5. The number of aliphatic hydroxyl groups excluding tert-OH is 1. The topological polar surface area (TPSA) is 150 Å². The van der Waals surface area contributed by atoms with E-state index in [0.29, 0.717) is 59.5 Å². The number of β-amino-alcohol motifs (C(OH)–C–C–N with tert-alkyl or cyclic N) is 1. The average Bonchev–Trinajstić information content (AvgIpc) is 2.89. The number of aromatic nitrogens is 3. The van der Waals surface area contributed by atoms with Crippen LogP contribution in [0, 0.1) is 0 Å². The Labute approximate surface area is 211 Å². The highest BCUT2D eigenvalue weighted by Gasteiger charge is 2.40. The molecular formula is C24H26N6O5S. The fraction of sp³-hybridized carbons (Fsp3) is 0.375. The van der Waals surface area contributed by atoms with E-state index in [1.165, 1.54) is 18.9 Å². The number of nitrogens with one attached hydrogen (secondary N) is 2. The number of carbonyl (C=O) groups excluding carboxylic acids is 2. The maximum atomic E-state index is 13.0. The third-order valence-electron chi connectivity index (χ3n) is 6.39. The first kappa shape index (κ1) is 24.4. The summed E-state index contributed by atoms with van der Waals surface area (Å²) in [6.07, 6.45) is 1.10. The van der Waals surface area contributed by atoms with Gasteiger partial charge in [0.2, 0.25) is 11.8 Å². The van der Waals surface area contributed by atoms with Gasteiger partial charge in [-0.1, -0.05) is 0 Å². The number of nitrogens with zero attached hydrogens (tertiary/aromatic N) is 4. The summed E-state index contributed by atoms with van der Waals surface area (Å²) in [6.45, 7) is 1.13. The van der Waals surface area contributed by atoms with Crippen LogP contribution < -0.4 is 15.4 Å². The first-order valence-corrected chi connectivity index (χ1v) is 12.5. The number of amides is 2. The van der Waals surface area contributed by atoms with Gasteiger partial charge in [-0.15, -0.1) is 11.8 Å². The highest BCUT2D eigenvalue weighted by Crippen LogP contribution is 2.32. The Morgan fingerprint density at radius 3 is 2.83 bits per heavy atom. The predicted molar refractivity (Wildman–Crippen MR) is 134 cm³/mol. The molecule has 3 aromatic heterocycles. The number of aliphatic hydroxyl groups is 2. The van der Waals surface area contributed by atoms with Gasteiger partial charge in [-0.2, -0.15) is 0 Å². The van der Waals surface area contributed by atoms with E-state index in [-0.39, 0.29) is 18.7 Å². The molecule has 0 unspecified atom stereocenters. The smallest absolute Gasteiger partial charge is 0.256 e. The van der Waals surface area contributed by atoms with Crippen LogP contribution in [0.2, 0.25) is 0 Å². The number of carbonyl (C=O) groups is 2. The normalized spacial score (nSPS) is 18.2. The zero-order valence-electron chi connectivity index (χ0n) is 19.6. The predicted octanol–water partition coefficient (Wildman–Crippen LogP) is 1.58. The summed E-state index contributed by atoms with van der Waals surface area (Å²) in [5, 5.41) is 27.3. The number of ether oxygens (including phenoxy) is 1. The van der Waals surface area contributed by atoms with Gasteiger partial charge in [0.05, 0.1) is 34.7 Å². The van der Waals surface area contributed by atoms with Crippen molar-refractivity contribution in [3.8, 4) is 5.88 Å². The van der Waals surface area contributed by atoms with Gasteiger partial charge >= 0.3 is 0 Å². The standard InChI is InChI=1S/C24H26N6O5S/c1-35-20-5-3-15-21(29-20)16(6-9-25-15)27-23(33)24(34)7-10-30(11-8-24)12-17(31)14-2-4-18-22(26-14)28-19(32)13-36-18/h2-6,9,17,31,34H,7-8,10-13H2,1H3,(H,25,27,33)(H,26,28,32)/t17-/m0/s1. The molecule has 12 heteroatoms. The Morgan fingerprint density at radius 1 is 1.25 bits per heavy atom. The van der Waals surface area contributed by atoms with Crippen molar-refractivity contribution in [3.05, 3.63) is 42.2 Å². The lowest BCUT2D eigenvalue weighted by Gasteiger charge is -2.37. The van der Waals surface area contributed by atoms with Crippen molar-refractivity contribution in [2.75, 3.05) is 43.1 Å². The third kappa shape index (κ3) is 4.98. The number of rotatable bonds is 6. The molecule has 0 aliphatic carbocycles. The lowest BCUT2D eigenvalue weighted by atomic mass is 9.90. The Bertz CT molecular complexity index is 1310. The molecule has 0 spiro atoms. The van der Waals surface area contributed by atoms with Crippen LogP contribution in [0.1, 0.15) is 24.6 Å². The van der Waals surface area contributed by atoms with E-state index in [2.05, 4.69) is 25.6 Å². The lowest BCUT2D eigenvalue weighted by Crippen LogP contribution is -2.52. The Hall–Kier alpha value is -3.32. The van der Waals surface area contributed by atoms with Crippen LogP contribution in [0.5, 0.6) is 5.88 Å². The molecule has 2 aliphatic heterocycles. The second kappa shape index (κ2) is 9.97. The van der Waals surface area contributed by atoms with E-state index < -0.39 is 17.6 Å². The number of hydrogen-bond donors (Lipinski definition) is 4. The lowest BCUT2D eigenvalue weighted by molar-refractivity contribution is -0.139. The van der Waals surface area contributed by atoms with Gasteiger partial charge in [0.15, 0.2) is 0 Å². The molecule has 2 amide bonds. The fourth-order valence-corrected chi connectivity index (χ4v) is 5.05. The van der Waals surface area contributed by atoms with Crippen molar-refractivity contribution in [2.24, 2.45) is 0 Å². The molecule has 36 heavy (non-hydrogen) atoms. The molecule has 188 valence electrons. The number of thioether (sulfide) groups is 1. The second-order valence-corrected chi connectivity index (χ2v) is 9.82. The third-order valence-corrected chi connectivity index (χ3v) is 7.44. The number of methoxy groups -OCH3 is 1. The van der Waals surface area contributed by atoms with E-state index in [1.807, 2.05) is 11.0 Å². The molecule has 2 aliphatic rings. The van der Waals surface area contributed by atoms with Crippen molar-refractivity contribution in [3.63, 3.8) is 0 Å². The molecule has 1 atom stereocenters. The van der Waals surface area contributed by atoms with E-state index in [1.54, 1.807) is 30.5 Å². The molecule has 3 aromatic rings. The summed E-state index contributed by atoms with van der Waals surface area (Å²) in [6, 6.07) is 8.67. The number of fused-ring (bicyclic) bond motifs is 2. The van der Waals surface area contributed by atoms with E-state index in [4.69, 9.17) is 4.74 Å². The molecule has 1 fully saturated rings. The number of hydrogen-bond acceptors (Lipinski definition) is 10. The molecule has 0 radical (unpaired) electrons. The minimum atomic E-state index is -1.55. The zero-order valence-corrected chi connectivity index (χ0v) is 20.4. The number of piperidine rings is 1. The maximum absolute atomic E-state index is 13.0. The van der Waals surface area contributed by atoms with Gasteiger partial charge in [-0.3, -0.25) is 14.6 Å². The van der Waals surface area contributed by atoms with E-state index in [9.17, 15) is 19.8 Å². The molecule has 1 saturated heterocycles. The summed E-state index contributed by atoms with van der Waals surface area (Å²) < 4.78 is 5.17. The highest BCUT2D eigenvalue weighted by molar-refractivity contribution is 8.00. The van der Waals surface area contributed by atoms with Gasteiger partial charge < -0.3 is 30.5 Å². The monoisotopic (exact) mass is 510 g/mol. The minimum Gasteiger partial charge on any atom is -0.481 e. The second-order valence-electron chi connectivity index (χ2n) is 8.80. The Morgan fingerprint density at radius 2 is 2.06 bits per heavy atom. The van der Waals surface area contributed by atoms with Crippen LogP contribution in [0.15, 0.2) is 41.4 Å². The van der Waals surface area contributed by atoms with Crippen molar-refractivity contribution in [1.82, 2.24) is 19.9 Å². The quantitative estimate of drug-likeness (QED) is 0.385.